The van der Waals surface area contributed by atoms with E-state index in [1.807, 2.05) is 0 Å². The number of ether oxygens (including phenoxy) is 2. The van der Waals surface area contributed by atoms with Crippen LogP contribution in [0.4, 0.5) is 4.79 Å². The van der Waals surface area contributed by atoms with Gasteiger partial charge in [0.15, 0.2) is 0 Å². The number of hydrogen-bond donors (Lipinski definition) is 3. The number of aromatic carboxylic acids is 1. The molecule has 21 heavy (non-hydrogen) atoms. The molecule has 8 nitrogen and oxygen atoms in total. The molecule has 0 aliphatic heterocycles. The van der Waals surface area contributed by atoms with Crippen LogP contribution in [0, 0.1) is 6.92 Å². The summed E-state index contributed by atoms with van der Waals surface area (Å²) >= 11 is 0. The van der Waals surface area contributed by atoms with Crippen molar-refractivity contribution in [1.82, 2.24) is 10.6 Å². The SMILES string of the molecule is COCC(CNC(=O)NCc1cc(C(=O)O)c(C)o1)OC. The maximum Gasteiger partial charge on any atom is 0.339 e. The molecule has 0 aliphatic carbocycles. The Labute approximate surface area is 122 Å². The van der Waals surface area contributed by atoms with E-state index in [-0.39, 0.29) is 18.2 Å². The normalized spacial score (nSPS) is 12.0. The summed E-state index contributed by atoms with van der Waals surface area (Å²) in [6.45, 7) is 2.33. The molecule has 0 aliphatic rings. The Bertz CT molecular complexity index is 485. The highest BCUT2D eigenvalue weighted by molar-refractivity contribution is 5.88. The lowest BCUT2D eigenvalue weighted by Crippen LogP contribution is -2.41. The lowest BCUT2D eigenvalue weighted by Gasteiger charge is -2.15. The number of carboxylic acids is 1. The first-order valence-corrected chi connectivity index (χ1v) is 6.34. The Morgan fingerprint density at radius 3 is 2.62 bits per heavy atom. The van der Waals surface area contributed by atoms with E-state index in [9.17, 15) is 9.59 Å². The highest BCUT2D eigenvalue weighted by Gasteiger charge is 2.14. The fourth-order valence-electron chi connectivity index (χ4n) is 1.68. The van der Waals surface area contributed by atoms with Crippen LogP contribution < -0.4 is 10.6 Å². The van der Waals surface area contributed by atoms with Gasteiger partial charge in [0.2, 0.25) is 0 Å². The number of methoxy groups -OCH3 is 2. The zero-order valence-corrected chi connectivity index (χ0v) is 12.3. The molecule has 0 aromatic carbocycles. The molecule has 0 radical (unpaired) electrons. The molecule has 1 atom stereocenters. The summed E-state index contributed by atoms with van der Waals surface area (Å²) in [6, 6.07) is 0.986. The molecule has 3 N–H and O–H groups in total. The zero-order chi connectivity index (χ0) is 15.8. The van der Waals surface area contributed by atoms with Gasteiger partial charge in [0.05, 0.1) is 19.3 Å². The van der Waals surface area contributed by atoms with Crippen LogP contribution in [0.2, 0.25) is 0 Å². The summed E-state index contributed by atoms with van der Waals surface area (Å²) in [6.07, 6.45) is -0.231. The van der Waals surface area contributed by atoms with E-state index in [0.29, 0.717) is 24.7 Å². The number of amides is 2. The number of carbonyl (C=O) groups is 2. The second kappa shape index (κ2) is 8.28. The summed E-state index contributed by atoms with van der Waals surface area (Å²) in [7, 11) is 3.08. The Kier molecular flexibility index (Phi) is 6.70. The first-order chi connectivity index (χ1) is 9.97. The second-order valence-corrected chi connectivity index (χ2v) is 4.36. The molecule has 0 bridgehead atoms. The van der Waals surface area contributed by atoms with E-state index in [0.717, 1.165) is 0 Å². The number of aryl methyl sites for hydroxylation is 1. The summed E-state index contributed by atoms with van der Waals surface area (Å²) in [5, 5.41) is 14.1. The summed E-state index contributed by atoms with van der Waals surface area (Å²) in [4.78, 5) is 22.4. The van der Waals surface area contributed by atoms with Crippen molar-refractivity contribution < 1.29 is 28.6 Å². The molecule has 1 aromatic rings. The maximum absolute atomic E-state index is 11.6. The minimum absolute atomic E-state index is 0.0896. The number of carboxylic acid groups (broad SMARTS) is 1. The van der Waals surface area contributed by atoms with E-state index >= 15 is 0 Å². The number of urea groups is 1. The third-order valence-corrected chi connectivity index (χ3v) is 2.80. The van der Waals surface area contributed by atoms with Gasteiger partial charge in [-0.3, -0.25) is 0 Å². The second-order valence-electron chi connectivity index (χ2n) is 4.36. The molecule has 8 heteroatoms. The van der Waals surface area contributed by atoms with Crippen LogP contribution in [0.15, 0.2) is 10.5 Å². The van der Waals surface area contributed by atoms with Crippen molar-refractivity contribution in [3.05, 3.63) is 23.2 Å². The standard InChI is InChI=1S/C13H20N2O6/c1-8-11(12(16)17)4-9(21-8)5-14-13(18)15-6-10(20-3)7-19-2/h4,10H,5-7H2,1-3H3,(H,16,17)(H2,14,15,18). The topological polar surface area (TPSA) is 110 Å². The van der Waals surface area contributed by atoms with E-state index < -0.39 is 12.0 Å². The first kappa shape index (κ1) is 17.0. The fraction of sp³-hybridized carbons (Fsp3) is 0.538. The smallest absolute Gasteiger partial charge is 0.339 e. The Morgan fingerprint density at radius 2 is 2.10 bits per heavy atom. The van der Waals surface area contributed by atoms with Gasteiger partial charge >= 0.3 is 12.0 Å². The molecular weight excluding hydrogens is 280 g/mol. The Balaban J connectivity index is 2.39. The molecule has 0 fully saturated rings. The number of furan rings is 1. The maximum atomic E-state index is 11.6. The van der Waals surface area contributed by atoms with Gasteiger partial charge in [-0.2, -0.15) is 0 Å². The Morgan fingerprint density at radius 1 is 1.38 bits per heavy atom. The highest BCUT2D eigenvalue weighted by Crippen LogP contribution is 2.14. The fourth-order valence-corrected chi connectivity index (χ4v) is 1.68. The average molecular weight is 300 g/mol. The zero-order valence-electron chi connectivity index (χ0n) is 12.3. The quantitative estimate of drug-likeness (QED) is 0.653. The van der Waals surface area contributed by atoms with Crippen molar-refractivity contribution in [1.29, 1.82) is 0 Å². The third-order valence-electron chi connectivity index (χ3n) is 2.80. The van der Waals surface area contributed by atoms with Gasteiger partial charge < -0.3 is 29.6 Å². The summed E-state index contributed by atoms with van der Waals surface area (Å²) in [5.41, 5.74) is 0.0896. The number of hydrogen-bond acceptors (Lipinski definition) is 5. The summed E-state index contributed by atoms with van der Waals surface area (Å²) in [5.74, 6) is -0.381. The van der Waals surface area contributed by atoms with Crippen molar-refractivity contribution in [2.24, 2.45) is 0 Å². The molecule has 1 unspecified atom stereocenters. The van der Waals surface area contributed by atoms with Crippen LogP contribution in [0.25, 0.3) is 0 Å². The highest BCUT2D eigenvalue weighted by atomic mass is 16.5. The van der Waals surface area contributed by atoms with Crippen LogP contribution in [0.3, 0.4) is 0 Å². The van der Waals surface area contributed by atoms with Crippen molar-refractivity contribution >= 4 is 12.0 Å². The van der Waals surface area contributed by atoms with Crippen molar-refractivity contribution in [3.8, 4) is 0 Å². The van der Waals surface area contributed by atoms with Gasteiger partial charge in [-0.05, 0) is 13.0 Å². The molecular formula is C13H20N2O6. The predicted molar refractivity (Wildman–Crippen MR) is 73.3 cm³/mol. The van der Waals surface area contributed by atoms with Gasteiger partial charge in [0.1, 0.15) is 17.1 Å². The average Bonchev–Trinajstić information content (AvgIpc) is 2.82. The molecule has 0 saturated heterocycles. The van der Waals surface area contributed by atoms with Crippen LogP contribution >= 0.6 is 0 Å². The number of nitrogens with one attached hydrogen (secondary N) is 2. The molecule has 118 valence electrons. The first-order valence-electron chi connectivity index (χ1n) is 6.34. The predicted octanol–water partition coefficient (Wildman–Crippen LogP) is 0.747. The van der Waals surface area contributed by atoms with Crippen molar-refractivity contribution in [2.75, 3.05) is 27.4 Å². The van der Waals surface area contributed by atoms with Gasteiger partial charge in [-0.15, -0.1) is 0 Å². The monoisotopic (exact) mass is 300 g/mol. The van der Waals surface area contributed by atoms with Gasteiger partial charge in [-0.25, -0.2) is 9.59 Å². The molecule has 1 rings (SSSR count). The van der Waals surface area contributed by atoms with Crippen LogP contribution in [0.5, 0.6) is 0 Å². The van der Waals surface area contributed by atoms with Crippen LogP contribution in [-0.4, -0.2) is 50.6 Å². The molecule has 1 heterocycles. The largest absolute Gasteiger partial charge is 0.478 e. The summed E-state index contributed by atoms with van der Waals surface area (Å²) < 4.78 is 15.3. The molecule has 2 amide bonds. The Hall–Kier alpha value is -2.06. The minimum atomic E-state index is -1.06. The lowest BCUT2D eigenvalue weighted by atomic mass is 10.2. The third kappa shape index (κ3) is 5.44. The van der Waals surface area contributed by atoms with Gasteiger partial charge in [0, 0.05) is 20.8 Å². The molecule has 0 spiro atoms. The van der Waals surface area contributed by atoms with Crippen LogP contribution in [0.1, 0.15) is 21.9 Å². The van der Waals surface area contributed by atoms with Crippen LogP contribution in [-0.2, 0) is 16.0 Å². The number of carbonyl (C=O) groups excluding carboxylic acids is 1. The van der Waals surface area contributed by atoms with Crippen molar-refractivity contribution in [3.63, 3.8) is 0 Å². The lowest BCUT2D eigenvalue weighted by molar-refractivity contribution is 0.0304. The number of rotatable bonds is 8. The van der Waals surface area contributed by atoms with Crippen molar-refractivity contribution in [2.45, 2.75) is 19.6 Å². The minimum Gasteiger partial charge on any atom is -0.478 e. The molecule has 1 aromatic heterocycles. The van der Waals surface area contributed by atoms with E-state index in [4.69, 9.17) is 19.0 Å². The van der Waals surface area contributed by atoms with Gasteiger partial charge in [-0.1, -0.05) is 0 Å². The van der Waals surface area contributed by atoms with E-state index in [1.165, 1.54) is 13.2 Å². The van der Waals surface area contributed by atoms with E-state index in [2.05, 4.69) is 10.6 Å². The van der Waals surface area contributed by atoms with Gasteiger partial charge in [0.25, 0.3) is 0 Å². The van der Waals surface area contributed by atoms with E-state index in [1.54, 1.807) is 14.0 Å². The molecule has 0 saturated carbocycles.